The van der Waals surface area contributed by atoms with E-state index in [0.29, 0.717) is 5.75 Å². The highest BCUT2D eigenvalue weighted by atomic mass is 32.2. The van der Waals surface area contributed by atoms with Crippen LogP contribution in [0.15, 0.2) is 53.4 Å². The van der Waals surface area contributed by atoms with E-state index in [2.05, 4.69) is 5.10 Å². The molecular weight excluding hydrogens is 435 g/mol. The molecule has 3 rings (SSSR count). The molecule has 31 heavy (non-hydrogen) atoms. The van der Waals surface area contributed by atoms with Gasteiger partial charge in [0.25, 0.3) is 0 Å². The lowest BCUT2D eigenvalue weighted by Crippen LogP contribution is -2.16. The number of aryl methyl sites for hydroxylation is 1. The zero-order chi connectivity index (χ0) is 22.8. The lowest BCUT2D eigenvalue weighted by atomic mass is 9.98. The number of methoxy groups -OCH3 is 1. The van der Waals surface area contributed by atoms with Crippen molar-refractivity contribution in [3.05, 3.63) is 54.2 Å². The zero-order valence-electron chi connectivity index (χ0n) is 16.4. The molecule has 3 N–H and O–H groups in total. The van der Waals surface area contributed by atoms with Gasteiger partial charge in [-0.1, -0.05) is 30.3 Å². The second kappa shape index (κ2) is 8.69. The summed E-state index contributed by atoms with van der Waals surface area (Å²) < 4.78 is 72.4. The van der Waals surface area contributed by atoms with Crippen molar-refractivity contribution >= 4 is 10.0 Å². The van der Waals surface area contributed by atoms with Crippen LogP contribution in [0.2, 0.25) is 0 Å². The van der Waals surface area contributed by atoms with Crippen molar-refractivity contribution in [1.82, 2.24) is 9.78 Å². The van der Waals surface area contributed by atoms with Crippen molar-refractivity contribution < 1.29 is 31.4 Å². The van der Waals surface area contributed by atoms with E-state index < -0.39 is 21.9 Å². The van der Waals surface area contributed by atoms with Crippen LogP contribution in [-0.4, -0.2) is 37.0 Å². The molecule has 0 saturated heterocycles. The lowest BCUT2D eigenvalue weighted by Gasteiger charge is -2.13. The zero-order valence-corrected chi connectivity index (χ0v) is 17.2. The summed E-state index contributed by atoms with van der Waals surface area (Å²) in [5, 5.41) is 18.5. The number of sulfonamides is 1. The summed E-state index contributed by atoms with van der Waals surface area (Å²) in [6, 6.07) is 11.3. The SMILES string of the molecule is COc1ccc(-c2c(-c3ccccc3S(N)(=O)=O)nn(CCCO)c2C(F)(F)F)cc1. The van der Waals surface area contributed by atoms with Crippen molar-refractivity contribution in [3.63, 3.8) is 0 Å². The number of nitrogens with two attached hydrogens (primary N) is 1. The van der Waals surface area contributed by atoms with Crippen molar-refractivity contribution in [2.24, 2.45) is 5.14 Å². The number of ether oxygens (including phenoxy) is 1. The molecule has 0 unspecified atom stereocenters. The summed E-state index contributed by atoms with van der Waals surface area (Å²) in [6.07, 6.45) is -4.77. The van der Waals surface area contributed by atoms with E-state index in [1.165, 1.54) is 55.6 Å². The normalized spacial score (nSPS) is 12.2. The number of hydrogen-bond acceptors (Lipinski definition) is 5. The third-order valence-corrected chi connectivity index (χ3v) is 5.55. The van der Waals surface area contributed by atoms with Crippen molar-refractivity contribution in [1.29, 1.82) is 0 Å². The highest BCUT2D eigenvalue weighted by molar-refractivity contribution is 7.89. The number of primary sulfonamides is 1. The summed E-state index contributed by atoms with van der Waals surface area (Å²) in [6.45, 7) is -0.551. The fraction of sp³-hybridized carbons (Fsp3) is 0.250. The second-order valence-corrected chi connectivity index (χ2v) is 8.17. The Hall–Kier alpha value is -2.89. The van der Waals surface area contributed by atoms with Gasteiger partial charge in [0.15, 0.2) is 5.69 Å². The number of halogens is 3. The van der Waals surface area contributed by atoms with Crippen LogP contribution in [0, 0.1) is 0 Å². The van der Waals surface area contributed by atoms with E-state index >= 15 is 0 Å². The largest absolute Gasteiger partial charge is 0.497 e. The van der Waals surface area contributed by atoms with Crippen molar-refractivity contribution in [2.45, 2.75) is 24.0 Å². The predicted octanol–water partition coefficient (Wildman–Crippen LogP) is 3.27. The number of aliphatic hydroxyl groups is 1. The fourth-order valence-corrected chi connectivity index (χ4v) is 4.00. The van der Waals surface area contributed by atoms with Crippen LogP contribution < -0.4 is 9.88 Å². The Balaban J connectivity index is 2.40. The van der Waals surface area contributed by atoms with Crippen LogP contribution in [0.3, 0.4) is 0 Å². The number of nitrogens with zero attached hydrogens (tertiary/aromatic N) is 2. The van der Waals surface area contributed by atoms with E-state index in [9.17, 15) is 21.6 Å². The Morgan fingerprint density at radius 3 is 2.32 bits per heavy atom. The smallest absolute Gasteiger partial charge is 0.433 e. The summed E-state index contributed by atoms with van der Waals surface area (Å²) in [7, 11) is -2.81. The molecule has 0 saturated carbocycles. The van der Waals surface area contributed by atoms with Gasteiger partial charge in [-0.3, -0.25) is 4.68 Å². The van der Waals surface area contributed by atoms with Crippen LogP contribution in [0.5, 0.6) is 5.75 Å². The molecule has 0 spiro atoms. The van der Waals surface area contributed by atoms with E-state index in [-0.39, 0.29) is 46.9 Å². The molecule has 11 heteroatoms. The average Bonchev–Trinajstić information content (AvgIpc) is 3.11. The monoisotopic (exact) mass is 455 g/mol. The van der Waals surface area contributed by atoms with Gasteiger partial charge in [0.2, 0.25) is 10.0 Å². The molecule has 0 aliphatic rings. The number of aromatic nitrogens is 2. The van der Waals surface area contributed by atoms with Gasteiger partial charge in [0.05, 0.1) is 12.0 Å². The van der Waals surface area contributed by atoms with E-state index in [1.807, 2.05) is 0 Å². The van der Waals surface area contributed by atoms with Crippen LogP contribution >= 0.6 is 0 Å². The van der Waals surface area contributed by atoms with Crippen molar-refractivity contribution in [3.8, 4) is 28.1 Å². The minimum atomic E-state index is -4.80. The Kier molecular flexibility index (Phi) is 6.39. The number of benzene rings is 2. The van der Waals surface area contributed by atoms with E-state index in [1.54, 1.807) is 0 Å². The maximum absolute atomic E-state index is 14.1. The molecule has 0 radical (unpaired) electrons. The summed E-state index contributed by atoms with van der Waals surface area (Å²) in [5.74, 6) is 0.441. The van der Waals surface area contributed by atoms with Gasteiger partial charge >= 0.3 is 6.18 Å². The summed E-state index contributed by atoms with van der Waals surface area (Å²) in [4.78, 5) is -0.342. The Morgan fingerprint density at radius 1 is 1.13 bits per heavy atom. The molecular formula is C20H20F3N3O4S. The van der Waals surface area contributed by atoms with Crippen molar-refractivity contribution in [2.75, 3.05) is 13.7 Å². The first-order valence-corrected chi connectivity index (χ1v) is 10.7. The van der Waals surface area contributed by atoms with Gasteiger partial charge in [-0.2, -0.15) is 18.3 Å². The number of rotatable bonds is 7. The molecule has 7 nitrogen and oxygen atoms in total. The van der Waals surface area contributed by atoms with Crippen LogP contribution in [-0.2, 0) is 22.7 Å². The second-order valence-electron chi connectivity index (χ2n) is 6.64. The Bertz CT molecular complexity index is 1170. The first kappa shape index (κ1) is 22.8. The first-order valence-electron chi connectivity index (χ1n) is 9.13. The topological polar surface area (TPSA) is 107 Å². The van der Waals surface area contributed by atoms with E-state index in [4.69, 9.17) is 15.0 Å². The molecule has 0 bridgehead atoms. The summed E-state index contributed by atoms with van der Waals surface area (Å²) in [5.41, 5.74) is -1.40. The van der Waals surface area contributed by atoms with Gasteiger partial charge in [0.1, 0.15) is 11.4 Å². The molecule has 3 aromatic rings. The maximum Gasteiger partial charge on any atom is 0.433 e. The number of alkyl halides is 3. The third-order valence-electron chi connectivity index (χ3n) is 4.58. The molecule has 0 fully saturated rings. The summed E-state index contributed by atoms with van der Waals surface area (Å²) >= 11 is 0. The number of hydrogen-bond donors (Lipinski definition) is 2. The lowest BCUT2D eigenvalue weighted by molar-refractivity contribution is -0.143. The molecule has 1 aromatic heterocycles. The molecule has 0 aliphatic carbocycles. The number of aliphatic hydroxyl groups excluding tert-OH is 1. The third kappa shape index (κ3) is 4.73. The van der Waals surface area contributed by atoms with Crippen LogP contribution in [0.25, 0.3) is 22.4 Å². The predicted molar refractivity (Wildman–Crippen MR) is 108 cm³/mol. The quantitative estimate of drug-likeness (QED) is 0.569. The maximum atomic E-state index is 14.1. The Labute approximate surface area is 176 Å². The van der Waals surface area contributed by atoms with E-state index in [0.717, 1.165) is 4.68 Å². The average molecular weight is 455 g/mol. The molecule has 1 heterocycles. The molecule has 166 valence electrons. The minimum Gasteiger partial charge on any atom is -0.497 e. The van der Waals surface area contributed by atoms with Gasteiger partial charge in [0, 0.05) is 24.3 Å². The van der Waals surface area contributed by atoms with Gasteiger partial charge in [-0.05, 0) is 30.2 Å². The van der Waals surface area contributed by atoms with Gasteiger partial charge in [-0.25, -0.2) is 13.6 Å². The molecule has 2 aromatic carbocycles. The molecule has 0 aliphatic heterocycles. The highest BCUT2D eigenvalue weighted by Gasteiger charge is 2.41. The standard InChI is InChI=1S/C20H20F3N3O4S/c1-30-14-9-7-13(8-10-14)17-18(15-5-2-3-6-16(15)31(24,28)29)25-26(11-4-12-27)19(17)20(21,22)23/h2-3,5-10,27H,4,11-12H2,1H3,(H2,24,28,29). The van der Waals surface area contributed by atoms with Gasteiger partial charge < -0.3 is 9.84 Å². The molecule has 0 atom stereocenters. The van der Waals surface area contributed by atoms with Crippen LogP contribution in [0.1, 0.15) is 12.1 Å². The Morgan fingerprint density at radius 2 is 1.77 bits per heavy atom. The highest BCUT2D eigenvalue weighted by Crippen LogP contribution is 2.44. The minimum absolute atomic E-state index is 0.0308. The first-order chi connectivity index (χ1) is 14.6. The fourth-order valence-electron chi connectivity index (χ4n) is 3.26. The van der Waals surface area contributed by atoms with Gasteiger partial charge in [-0.15, -0.1) is 0 Å². The van der Waals surface area contributed by atoms with Crippen LogP contribution in [0.4, 0.5) is 13.2 Å². The molecule has 0 amide bonds.